The summed E-state index contributed by atoms with van der Waals surface area (Å²) >= 11 is 0. The van der Waals surface area contributed by atoms with Gasteiger partial charge in [-0.15, -0.1) is 0 Å². The minimum absolute atomic E-state index is 0.337. The fraction of sp³-hybridized carbons (Fsp3) is 0.875. The molecule has 0 aliphatic carbocycles. The van der Waals surface area contributed by atoms with Gasteiger partial charge in [-0.3, -0.25) is 4.48 Å². The van der Waals surface area contributed by atoms with Gasteiger partial charge in [-0.25, -0.2) is 4.99 Å². The third-order valence-electron chi connectivity index (χ3n) is 6.26. The van der Waals surface area contributed by atoms with Gasteiger partial charge in [0.15, 0.2) is 6.23 Å². The Morgan fingerprint density at radius 1 is 0.889 bits per heavy atom. The van der Waals surface area contributed by atoms with Crippen LogP contribution in [-0.4, -0.2) is 41.3 Å². The van der Waals surface area contributed by atoms with E-state index in [-0.39, 0.29) is 6.23 Å². The molecule has 0 radical (unpaired) electrons. The number of allylic oxidation sites excluding steroid dienone is 2. The molecule has 0 saturated carbocycles. The summed E-state index contributed by atoms with van der Waals surface area (Å²) < 4.78 is 0.687. The van der Waals surface area contributed by atoms with Crippen LogP contribution in [0.4, 0.5) is 0 Å². The second-order valence-corrected chi connectivity index (χ2v) is 8.34. The van der Waals surface area contributed by atoms with E-state index >= 15 is 0 Å². The average Bonchev–Trinajstić information content (AvgIpc) is 3.09. The Morgan fingerprint density at radius 3 is 2.00 bits per heavy atom. The van der Waals surface area contributed by atoms with Gasteiger partial charge >= 0.3 is 0 Å². The Hall–Kier alpha value is -0.670. The number of quaternary nitrogens is 1. The van der Waals surface area contributed by atoms with Gasteiger partial charge in [0.05, 0.1) is 13.1 Å². The van der Waals surface area contributed by atoms with Crippen LogP contribution in [0.5, 0.6) is 0 Å². The Bertz CT molecular complexity index is 417. The largest absolute Gasteiger partial charge is 0.345 e. The number of hydrogen-bond acceptors (Lipinski definition) is 2. The first kappa shape index (κ1) is 24.4. The first-order valence-corrected chi connectivity index (χ1v) is 11.9. The molecule has 0 spiro atoms. The third-order valence-corrected chi connectivity index (χ3v) is 6.26. The van der Waals surface area contributed by atoms with Gasteiger partial charge in [0, 0.05) is 13.3 Å². The predicted octanol–water partition coefficient (Wildman–Crippen LogP) is 6.61. The molecule has 0 amide bonds. The van der Waals surface area contributed by atoms with Gasteiger partial charge in [-0.2, -0.15) is 0 Å². The minimum Gasteiger partial charge on any atom is -0.345 e. The molecule has 0 aromatic rings. The SMILES string of the molecule is CCCCCCCCCCCCC/C=C/CCC1=NCC[N+]1(CC)C(C)O. The molecule has 0 saturated heterocycles. The van der Waals surface area contributed by atoms with Crippen LogP contribution in [0, 0.1) is 0 Å². The summed E-state index contributed by atoms with van der Waals surface area (Å²) in [5.74, 6) is 1.20. The van der Waals surface area contributed by atoms with Crippen molar-refractivity contribution in [1.29, 1.82) is 0 Å². The van der Waals surface area contributed by atoms with E-state index in [1.54, 1.807) is 0 Å². The van der Waals surface area contributed by atoms with Gasteiger partial charge in [0.1, 0.15) is 6.54 Å². The van der Waals surface area contributed by atoms with E-state index < -0.39 is 0 Å². The number of aliphatic hydroxyl groups excluding tert-OH is 1. The number of amidine groups is 1. The smallest absolute Gasteiger partial charge is 0.200 e. The van der Waals surface area contributed by atoms with E-state index in [2.05, 4.69) is 31.0 Å². The molecule has 0 aromatic carbocycles. The summed E-state index contributed by atoms with van der Waals surface area (Å²) in [6, 6.07) is 0. The van der Waals surface area contributed by atoms with Crippen molar-refractivity contribution in [3.8, 4) is 0 Å². The molecule has 2 atom stereocenters. The lowest BCUT2D eigenvalue weighted by Gasteiger charge is -2.36. The molecule has 1 N–H and O–H groups in total. The van der Waals surface area contributed by atoms with Crippen LogP contribution in [0.2, 0.25) is 0 Å². The summed E-state index contributed by atoms with van der Waals surface area (Å²) in [5.41, 5.74) is 0. The molecule has 158 valence electrons. The van der Waals surface area contributed by atoms with E-state index in [1.165, 1.54) is 82.9 Å². The number of hydrogen-bond donors (Lipinski definition) is 1. The zero-order valence-electron chi connectivity index (χ0n) is 18.6. The number of nitrogens with zero attached hydrogens (tertiary/aromatic N) is 2. The van der Waals surface area contributed by atoms with E-state index in [1.807, 2.05) is 6.92 Å². The van der Waals surface area contributed by atoms with Crippen LogP contribution in [0.15, 0.2) is 17.1 Å². The molecule has 2 unspecified atom stereocenters. The van der Waals surface area contributed by atoms with Crippen molar-refractivity contribution >= 4 is 5.84 Å². The van der Waals surface area contributed by atoms with Gasteiger partial charge in [-0.1, -0.05) is 83.3 Å². The Kier molecular flexibility index (Phi) is 13.8. The van der Waals surface area contributed by atoms with Gasteiger partial charge in [0.25, 0.3) is 0 Å². The normalized spacial score (nSPS) is 21.1. The van der Waals surface area contributed by atoms with Crippen molar-refractivity contribution < 1.29 is 9.59 Å². The first-order valence-electron chi connectivity index (χ1n) is 11.9. The summed E-state index contributed by atoms with van der Waals surface area (Å²) in [4.78, 5) is 4.68. The number of aliphatic hydroxyl groups is 1. The van der Waals surface area contributed by atoms with Crippen molar-refractivity contribution in [2.45, 2.75) is 117 Å². The predicted molar refractivity (Wildman–Crippen MR) is 119 cm³/mol. The Labute approximate surface area is 169 Å². The summed E-state index contributed by atoms with van der Waals surface area (Å²) in [5, 5.41) is 10.2. The van der Waals surface area contributed by atoms with Crippen LogP contribution < -0.4 is 0 Å². The second kappa shape index (κ2) is 15.3. The lowest BCUT2D eigenvalue weighted by Crippen LogP contribution is -2.56. The van der Waals surface area contributed by atoms with Gasteiger partial charge in [0.2, 0.25) is 5.84 Å². The second-order valence-electron chi connectivity index (χ2n) is 8.34. The highest BCUT2D eigenvalue weighted by Gasteiger charge is 2.40. The monoisotopic (exact) mass is 379 g/mol. The molecule has 3 heteroatoms. The lowest BCUT2D eigenvalue weighted by atomic mass is 10.1. The van der Waals surface area contributed by atoms with Crippen molar-refractivity contribution in [1.82, 2.24) is 0 Å². The summed E-state index contributed by atoms with van der Waals surface area (Å²) in [6.07, 6.45) is 23.1. The van der Waals surface area contributed by atoms with Gasteiger partial charge in [-0.05, 0) is 26.2 Å². The van der Waals surface area contributed by atoms with Crippen LogP contribution in [0.1, 0.15) is 111 Å². The molecule has 1 aliphatic heterocycles. The average molecular weight is 380 g/mol. The fourth-order valence-corrected chi connectivity index (χ4v) is 4.31. The zero-order chi connectivity index (χ0) is 19.8. The van der Waals surface area contributed by atoms with Crippen molar-refractivity contribution in [2.24, 2.45) is 4.99 Å². The highest BCUT2D eigenvalue weighted by Crippen LogP contribution is 2.22. The Morgan fingerprint density at radius 2 is 1.44 bits per heavy atom. The maximum absolute atomic E-state index is 10.2. The molecule has 0 aromatic heterocycles. The zero-order valence-corrected chi connectivity index (χ0v) is 18.6. The molecular formula is C24H47N2O+. The summed E-state index contributed by atoms with van der Waals surface area (Å²) in [6.45, 7) is 9.14. The molecular weight excluding hydrogens is 332 g/mol. The maximum atomic E-state index is 10.2. The summed E-state index contributed by atoms with van der Waals surface area (Å²) in [7, 11) is 0. The van der Waals surface area contributed by atoms with Crippen LogP contribution in [0.25, 0.3) is 0 Å². The molecule has 1 rings (SSSR count). The maximum Gasteiger partial charge on any atom is 0.200 e. The molecule has 27 heavy (non-hydrogen) atoms. The first-order chi connectivity index (χ1) is 13.2. The lowest BCUT2D eigenvalue weighted by molar-refractivity contribution is -0.882. The van der Waals surface area contributed by atoms with Crippen LogP contribution >= 0.6 is 0 Å². The molecule has 3 nitrogen and oxygen atoms in total. The highest BCUT2D eigenvalue weighted by molar-refractivity contribution is 5.77. The topological polar surface area (TPSA) is 32.6 Å². The molecule has 1 aliphatic rings. The van der Waals surface area contributed by atoms with E-state index in [4.69, 9.17) is 0 Å². The fourth-order valence-electron chi connectivity index (χ4n) is 4.31. The number of aliphatic imine (C=N–C) groups is 1. The number of rotatable bonds is 17. The number of unbranched alkanes of at least 4 members (excludes halogenated alkanes) is 11. The quantitative estimate of drug-likeness (QED) is 0.172. The van der Waals surface area contributed by atoms with Gasteiger partial charge < -0.3 is 5.11 Å². The van der Waals surface area contributed by atoms with Crippen molar-refractivity contribution in [3.05, 3.63) is 12.2 Å². The molecule has 1 heterocycles. The van der Waals surface area contributed by atoms with Crippen molar-refractivity contribution in [3.63, 3.8) is 0 Å². The third kappa shape index (κ3) is 9.38. The van der Waals surface area contributed by atoms with Crippen LogP contribution in [0.3, 0.4) is 0 Å². The highest BCUT2D eigenvalue weighted by atomic mass is 16.3. The van der Waals surface area contributed by atoms with E-state index in [9.17, 15) is 5.11 Å². The van der Waals surface area contributed by atoms with Crippen molar-refractivity contribution in [2.75, 3.05) is 19.6 Å². The standard InChI is InChI=1S/C24H47N2O/c1-4-6-7-8-9-10-11-12-13-14-15-16-17-18-19-20-24-25-21-22-26(24,5-2)23(3)27/h17-18,23,27H,4-16,19-22H2,1-3H3/q+1/b18-17+. The molecule has 0 bridgehead atoms. The Balaban J connectivity index is 1.97. The van der Waals surface area contributed by atoms with Crippen LogP contribution in [-0.2, 0) is 0 Å². The van der Waals surface area contributed by atoms with E-state index in [0.717, 1.165) is 32.5 Å². The number of likely N-dealkylation sites (N-methyl/N-ethyl adjacent to an activating group) is 1. The molecule has 0 fully saturated rings. The minimum atomic E-state index is -0.337. The van der Waals surface area contributed by atoms with E-state index in [0.29, 0.717) is 4.48 Å².